The maximum Gasteiger partial charge on any atom is 0.272 e. The van der Waals surface area contributed by atoms with E-state index in [1.165, 1.54) is 12.1 Å². The van der Waals surface area contributed by atoms with E-state index in [-0.39, 0.29) is 30.1 Å². The van der Waals surface area contributed by atoms with Crippen molar-refractivity contribution in [1.82, 2.24) is 20.0 Å². The third kappa shape index (κ3) is 4.02. The quantitative estimate of drug-likeness (QED) is 0.898. The number of benzene rings is 1. The summed E-state index contributed by atoms with van der Waals surface area (Å²) in [5.41, 5.74) is 1.93. The van der Waals surface area contributed by atoms with E-state index in [4.69, 9.17) is 0 Å². The Bertz CT molecular complexity index is 857. The Balaban J connectivity index is 1.40. The standard InChI is InChI=1S/C20H23FN4O2/c21-15-5-3-4-14(10-15)11-19(26)24-8-9-25-17(13-24)12-18(23-25)20(27)22-16-6-1-2-7-16/h3-5,10,12,16H,1-2,6-9,11,13H2,(H,22,27). The summed E-state index contributed by atoms with van der Waals surface area (Å²) in [6.45, 7) is 1.51. The number of hydrogen-bond donors (Lipinski definition) is 1. The molecule has 1 fully saturated rings. The van der Waals surface area contributed by atoms with Gasteiger partial charge in [0.1, 0.15) is 5.82 Å². The lowest BCUT2D eigenvalue weighted by atomic mass is 10.1. The SMILES string of the molecule is O=C(NC1CCCC1)c1cc2n(n1)CCN(C(=O)Cc1cccc(F)c1)C2. The number of halogens is 1. The first-order chi connectivity index (χ1) is 13.1. The molecule has 0 radical (unpaired) electrons. The molecule has 6 nitrogen and oxygen atoms in total. The Hall–Kier alpha value is -2.70. The first-order valence-corrected chi connectivity index (χ1v) is 9.48. The van der Waals surface area contributed by atoms with Crippen LogP contribution in [0.2, 0.25) is 0 Å². The molecule has 1 N–H and O–H groups in total. The molecule has 4 rings (SSSR count). The lowest BCUT2D eigenvalue weighted by Crippen LogP contribution is -2.39. The number of aromatic nitrogens is 2. The Morgan fingerprint density at radius 2 is 2.00 bits per heavy atom. The minimum atomic E-state index is -0.338. The number of nitrogens with one attached hydrogen (secondary N) is 1. The number of carbonyl (C=O) groups excluding carboxylic acids is 2. The van der Waals surface area contributed by atoms with Crippen LogP contribution in [-0.2, 0) is 24.3 Å². The van der Waals surface area contributed by atoms with E-state index in [1.807, 2.05) is 0 Å². The van der Waals surface area contributed by atoms with Crippen molar-refractivity contribution >= 4 is 11.8 Å². The summed E-state index contributed by atoms with van der Waals surface area (Å²) >= 11 is 0. The van der Waals surface area contributed by atoms with Gasteiger partial charge in [-0.1, -0.05) is 25.0 Å². The molecule has 1 aromatic carbocycles. The molecular formula is C20H23FN4O2. The van der Waals surface area contributed by atoms with Gasteiger partial charge in [-0.2, -0.15) is 5.10 Å². The minimum absolute atomic E-state index is 0.0509. The zero-order valence-electron chi connectivity index (χ0n) is 15.2. The average molecular weight is 370 g/mol. The van der Waals surface area contributed by atoms with Gasteiger partial charge in [0.15, 0.2) is 5.69 Å². The predicted octanol–water partition coefficient (Wildman–Crippen LogP) is 2.28. The van der Waals surface area contributed by atoms with E-state index in [9.17, 15) is 14.0 Å². The summed E-state index contributed by atoms with van der Waals surface area (Å²) in [5, 5.41) is 7.44. The van der Waals surface area contributed by atoms with Crippen LogP contribution in [0.15, 0.2) is 30.3 Å². The summed E-state index contributed by atoms with van der Waals surface area (Å²) < 4.78 is 15.1. The van der Waals surface area contributed by atoms with Gasteiger partial charge >= 0.3 is 0 Å². The van der Waals surface area contributed by atoms with Gasteiger partial charge in [0.2, 0.25) is 5.91 Å². The van der Waals surface area contributed by atoms with Crippen molar-refractivity contribution in [3.8, 4) is 0 Å². The number of carbonyl (C=O) groups is 2. The molecule has 1 aromatic heterocycles. The molecule has 0 unspecified atom stereocenters. The topological polar surface area (TPSA) is 67.2 Å². The van der Waals surface area contributed by atoms with Crippen LogP contribution >= 0.6 is 0 Å². The highest BCUT2D eigenvalue weighted by atomic mass is 19.1. The first-order valence-electron chi connectivity index (χ1n) is 9.48. The summed E-state index contributed by atoms with van der Waals surface area (Å²) in [6.07, 6.45) is 4.55. The van der Waals surface area contributed by atoms with Crippen molar-refractivity contribution < 1.29 is 14.0 Å². The van der Waals surface area contributed by atoms with Gasteiger partial charge in [-0.15, -0.1) is 0 Å². The third-order valence-corrected chi connectivity index (χ3v) is 5.32. The summed E-state index contributed by atoms with van der Waals surface area (Å²) in [4.78, 5) is 26.7. The van der Waals surface area contributed by atoms with Gasteiger partial charge in [0.05, 0.1) is 25.2 Å². The van der Waals surface area contributed by atoms with Crippen LogP contribution in [0, 0.1) is 5.82 Å². The minimum Gasteiger partial charge on any atom is -0.348 e. The van der Waals surface area contributed by atoms with Gasteiger partial charge in [-0.05, 0) is 36.6 Å². The van der Waals surface area contributed by atoms with Crippen LogP contribution in [0.3, 0.4) is 0 Å². The van der Waals surface area contributed by atoms with Gasteiger partial charge in [0.25, 0.3) is 5.91 Å². The summed E-state index contributed by atoms with van der Waals surface area (Å²) in [5.74, 6) is -0.526. The lowest BCUT2D eigenvalue weighted by Gasteiger charge is -2.27. The van der Waals surface area contributed by atoms with Crippen LogP contribution in [0.4, 0.5) is 4.39 Å². The van der Waals surface area contributed by atoms with Crippen LogP contribution < -0.4 is 5.32 Å². The number of nitrogens with zero attached hydrogens (tertiary/aromatic N) is 3. The highest BCUT2D eigenvalue weighted by Gasteiger charge is 2.25. The molecule has 142 valence electrons. The van der Waals surface area contributed by atoms with Gasteiger partial charge in [-0.25, -0.2) is 4.39 Å². The van der Waals surface area contributed by atoms with Gasteiger partial charge in [0, 0.05) is 12.6 Å². The van der Waals surface area contributed by atoms with E-state index >= 15 is 0 Å². The van der Waals surface area contributed by atoms with E-state index in [0.717, 1.165) is 31.4 Å². The summed E-state index contributed by atoms with van der Waals surface area (Å²) in [7, 11) is 0. The fourth-order valence-electron chi connectivity index (χ4n) is 3.85. The smallest absolute Gasteiger partial charge is 0.272 e. The molecule has 2 amide bonds. The number of rotatable bonds is 4. The normalized spacial score (nSPS) is 17.0. The second kappa shape index (κ2) is 7.50. The number of fused-ring (bicyclic) bond motifs is 1. The largest absolute Gasteiger partial charge is 0.348 e. The molecule has 0 atom stereocenters. The second-order valence-electron chi connectivity index (χ2n) is 7.32. The zero-order valence-corrected chi connectivity index (χ0v) is 15.2. The molecule has 0 saturated heterocycles. The van der Waals surface area contributed by atoms with Crippen LogP contribution in [-0.4, -0.2) is 39.1 Å². The summed E-state index contributed by atoms with van der Waals surface area (Å²) in [6, 6.07) is 8.13. The van der Waals surface area contributed by atoms with E-state index in [1.54, 1.807) is 27.8 Å². The van der Waals surface area contributed by atoms with Crippen LogP contribution in [0.5, 0.6) is 0 Å². The second-order valence-corrected chi connectivity index (χ2v) is 7.32. The molecule has 1 aliphatic heterocycles. The molecule has 1 saturated carbocycles. The highest BCUT2D eigenvalue weighted by Crippen LogP contribution is 2.19. The molecule has 2 heterocycles. The molecule has 0 bridgehead atoms. The Labute approximate surface area is 157 Å². The fourth-order valence-corrected chi connectivity index (χ4v) is 3.85. The maximum absolute atomic E-state index is 13.3. The monoisotopic (exact) mass is 370 g/mol. The lowest BCUT2D eigenvalue weighted by molar-refractivity contribution is -0.132. The van der Waals surface area contributed by atoms with Crippen molar-refractivity contribution in [3.63, 3.8) is 0 Å². The number of hydrogen-bond acceptors (Lipinski definition) is 3. The molecule has 0 spiro atoms. The number of amides is 2. The van der Waals surface area contributed by atoms with Gasteiger partial charge < -0.3 is 10.2 Å². The molecule has 2 aliphatic rings. The molecule has 27 heavy (non-hydrogen) atoms. The van der Waals surface area contributed by atoms with Crippen LogP contribution in [0.25, 0.3) is 0 Å². The fraction of sp³-hybridized carbons (Fsp3) is 0.450. The zero-order chi connectivity index (χ0) is 18.8. The van der Waals surface area contributed by atoms with Crippen molar-refractivity contribution in [2.75, 3.05) is 6.54 Å². The van der Waals surface area contributed by atoms with Crippen molar-refractivity contribution in [2.24, 2.45) is 0 Å². The Morgan fingerprint density at radius 1 is 1.19 bits per heavy atom. The van der Waals surface area contributed by atoms with E-state index in [0.29, 0.717) is 30.9 Å². The van der Waals surface area contributed by atoms with Crippen molar-refractivity contribution in [1.29, 1.82) is 0 Å². The van der Waals surface area contributed by atoms with Crippen molar-refractivity contribution in [2.45, 2.75) is 51.2 Å². The molecular weight excluding hydrogens is 347 g/mol. The van der Waals surface area contributed by atoms with E-state index < -0.39 is 0 Å². The predicted molar refractivity (Wildman–Crippen MR) is 97.5 cm³/mol. The maximum atomic E-state index is 13.3. The third-order valence-electron chi connectivity index (χ3n) is 5.32. The first kappa shape index (κ1) is 17.7. The molecule has 7 heteroatoms. The van der Waals surface area contributed by atoms with Gasteiger partial charge in [-0.3, -0.25) is 14.3 Å². The van der Waals surface area contributed by atoms with Crippen LogP contribution in [0.1, 0.15) is 47.4 Å². The highest BCUT2D eigenvalue weighted by molar-refractivity contribution is 5.92. The van der Waals surface area contributed by atoms with E-state index in [2.05, 4.69) is 10.4 Å². The van der Waals surface area contributed by atoms with Crippen molar-refractivity contribution in [3.05, 3.63) is 53.1 Å². The Kier molecular flexibility index (Phi) is 4.92. The molecule has 1 aliphatic carbocycles. The molecule has 2 aromatic rings. The average Bonchev–Trinajstić information content (AvgIpc) is 3.30. The Morgan fingerprint density at radius 3 is 2.78 bits per heavy atom.